The van der Waals surface area contributed by atoms with Crippen LogP contribution in [0.25, 0.3) is 0 Å². The minimum absolute atomic E-state index is 0.160. The van der Waals surface area contributed by atoms with E-state index in [-0.39, 0.29) is 17.1 Å². The second-order valence-electron chi connectivity index (χ2n) is 3.72. The predicted molar refractivity (Wildman–Crippen MR) is 65.2 cm³/mol. The van der Waals surface area contributed by atoms with Crippen molar-refractivity contribution in [1.29, 1.82) is 0 Å². The van der Waals surface area contributed by atoms with Crippen LogP contribution in [0.4, 0.5) is 4.39 Å². The molecule has 1 rings (SSSR count). The van der Waals surface area contributed by atoms with Crippen LogP contribution in [0.2, 0.25) is 5.02 Å². The van der Waals surface area contributed by atoms with Crippen molar-refractivity contribution in [2.75, 3.05) is 13.1 Å². The van der Waals surface area contributed by atoms with E-state index in [9.17, 15) is 14.0 Å². The van der Waals surface area contributed by atoms with Crippen LogP contribution >= 0.6 is 11.6 Å². The summed E-state index contributed by atoms with van der Waals surface area (Å²) < 4.78 is 13.7. The van der Waals surface area contributed by atoms with Crippen LogP contribution in [0, 0.1) is 5.82 Å². The number of carbonyl (C=O) groups is 2. The van der Waals surface area contributed by atoms with Crippen LogP contribution < -0.4 is 0 Å². The first-order valence-corrected chi connectivity index (χ1v) is 5.80. The van der Waals surface area contributed by atoms with Crippen LogP contribution in [0.5, 0.6) is 0 Å². The summed E-state index contributed by atoms with van der Waals surface area (Å²) in [7, 11) is 0. The van der Waals surface area contributed by atoms with Gasteiger partial charge in [0, 0.05) is 6.54 Å². The van der Waals surface area contributed by atoms with Crippen molar-refractivity contribution in [3.63, 3.8) is 0 Å². The van der Waals surface area contributed by atoms with Crippen molar-refractivity contribution in [3.8, 4) is 0 Å². The van der Waals surface area contributed by atoms with E-state index in [0.29, 0.717) is 6.42 Å². The van der Waals surface area contributed by atoms with E-state index >= 15 is 0 Å². The van der Waals surface area contributed by atoms with Gasteiger partial charge in [0.05, 0.1) is 10.6 Å². The molecule has 0 unspecified atom stereocenters. The number of benzene rings is 1. The lowest BCUT2D eigenvalue weighted by atomic mass is 10.1. The van der Waals surface area contributed by atoms with Crippen LogP contribution in [0.1, 0.15) is 23.7 Å². The van der Waals surface area contributed by atoms with Gasteiger partial charge in [-0.05, 0) is 18.6 Å². The van der Waals surface area contributed by atoms with Gasteiger partial charge in [0.2, 0.25) is 0 Å². The summed E-state index contributed by atoms with van der Waals surface area (Å²) in [5.74, 6) is -2.63. The summed E-state index contributed by atoms with van der Waals surface area (Å²) in [6.45, 7) is 1.59. The van der Waals surface area contributed by atoms with Crippen molar-refractivity contribution < 1.29 is 19.1 Å². The molecule has 98 valence electrons. The van der Waals surface area contributed by atoms with Gasteiger partial charge in [-0.2, -0.15) is 0 Å². The average Bonchev–Trinajstić information content (AvgIpc) is 2.31. The van der Waals surface area contributed by atoms with E-state index in [2.05, 4.69) is 0 Å². The van der Waals surface area contributed by atoms with Gasteiger partial charge in [-0.3, -0.25) is 9.59 Å². The maximum atomic E-state index is 13.7. The first-order chi connectivity index (χ1) is 8.47. The number of hydrogen-bond acceptors (Lipinski definition) is 2. The van der Waals surface area contributed by atoms with Crippen molar-refractivity contribution in [2.24, 2.45) is 0 Å². The molecule has 0 radical (unpaired) electrons. The number of halogens is 2. The average molecular weight is 274 g/mol. The Morgan fingerprint density at radius 2 is 2.11 bits per heavy atom. The third kappa shape index (κ3) is 3.43. The zero-order chi connectivity index (χ0) is 13.7. The molecule has 0 aromatic heterocycles. The second-order valence-corrected chi connectivity index (χ2v) is 4.13. The number of carboxylic acids is 1. The van der Waals surface area contributed by atoms with Crippen molar-refractivity contribution in [1.82, 2.24) is 4.90 Å². The van der Waals surface area contributed by atoms with Gasteiger partial charge in [0.25, 0.3) is 5.91 Å². The Morgan fingerprint density at radius 1 is 1.44 bits per heavy atom. The zero-order valence-corrected chi connectivity index (χ0v) is 10.6. The molecule has 0 bridgehead atoms. The molecule has 0 heterocycles. The number of rotatable bonds is 5. The normalized spacial score (nSPS) is 10.2. The molecule has 0 fully saturated rings. The van der Waals surface area contributed by atoms with Gasteiger partial charge in [-0.1, -0.05) is 24.6 Å². The molecule has 0 saturated carbocycles. The van der Waals surface area contributed by atoms with Crippen LogP contribution in [-0.4, -0.2) is 35.0 Å². The topological polar surface area (TPSA) is 57.6 Å². The zero-order valence-electron chi connectivity index (χ0n) is 9.82. The summed E-state index contributed by atoms with van der Waals surface area (Å²) in [6, 6.07) is 4.06. The van der Waals surface area contributed by atoms with Crippen molar-refractivity contribution >= 4 is 23.5 Å². The Hall–Kier alpha value is -1.62. The molecule has 1 aromatic rings. The molecule has 1 aromatic carbocycles. The summed E-state index contributed by atoms with van der Waals surface area (Å²) in [5, 5.41) is 8.56. The highest BCUT2D eigenvalue weighted by Crippen LogP contribution is 2.19. The Morgan fingerprint density at radius 3 is 2.67 bits per heavy atom. The van der Waals surface area contributed by atoms with Gasteiger partial charge in [0.15, 0.2) is 5.82 Å². The van der Waals surface area contributed by atoms with Crippen LogP contribution in [0.3, 0.4) is 0 Å². The number of amides is 1. The number of aliphatic carboxylic acids is 1. The van der Waals surface area contributed by atoms with Gasteiger partial charge in [-0.15, -0.1) is 0 Å². The third-order valence-corrected chi connectivity index (χ3v) is 2.58. The number of carbonyl (C=O) groups excluding carboxylic acids is 1. The minimum atomic E-state index is -1.14. The molecule has 0 spiro atoms. The largest absolute Gasteiger partial charge is 0.480 e. The monoisotopic (exact) mass is 273 g/mol. The molecule has 0 aliphatic rings. The smallest absolute Gasteiger partial charge is 0.323 e. The molecule has 1 amide bonds. The van der Waals surface area contributed by atoms with E-state index in [1.54, 1.807) is 6.92 Å². The fraction of sp³-hybridized carbons (Fsp3) is 0.333. The lowest BCUT2D eigenvalue weighted by Crippen LogP contribution is -2.36. The van der Waals surface area contributed by atoms with E-state index < -0.39 is 24.2 Å². The first kappa shape index (κ1) is 14.4. The predicted octanol–water partition coefficient (Wildman–Crippen LogP) is 2.42. The second kappa shape index (κ2) is 6.35. The summed E-state index contributed by atoms with van der Waals surface area (Å²) in [5.41, 5.74) is -0.211. The van der Waals surface area contributed by atoms with Gasteiger partial charge < -0.3 is 10.0 Å². The number of nitrogens with zero attached hydrogens (tertiary/aromatic N) is 1. The highest BCUT2D eigenvalue weighted by molar-refractivity contribution is 6.31. The van der Waals surface area contributed by atoms with E-state index in [4.69, 9.17) is 16.7 Å². The van der Waals surface area contributed by atoms with Crippen LogP contribution in [0.15, 0.2) is 18.2 Å². The Balaban J connectivity index is 3.01. The van der Waals surface area contributed by atoms with Crippen LogP contribution in [-0.2, 0) is 4.79 Å². The lowest BCUT2D eigenvalue weighted by Gasteiger charge is -2.20. The van der Waals surface area contributed by atoms with Gasteiger partial charge in [0.1, 0.15) is 6.54 Å². The first-order valence-electron chi connectivity index (χ1n) is 5.42. The number of carboxylic acid groups (broad SMARTS) is 1. The van der Waals surface area contributed by atoms with Gasteiger partial charge in [-0.25, -0.2) is 4.39 Å². The maximum absolute atomic E-state index is 13.7. The van der Waals surface area contributed by atoms with E-state index in [1.165, 1.54) is 18.2 Å². The maximum Gasteiger partial charge on any atom is 0.323 e. The minimum Gasteiger partial charge on any atom is -0.480 e. The van der Waals surface area contributed by atoms with Gasteiger partial charge >= 0.3 is 5.97 Å². The summed E-state index contributed by atoms with van der Waals surface area (Å²) in [4.78, 5) is 23.7. The van der Waals surface area contributed by atoms with E-state index in [1.807, 2.05) is 0 Å². The summed E-state index contributed by atoms with van der Waals surface area (Å²) >= 11 is 5.58. The molecule has 1 N–H and O–H groups in total. The molecular formula is C12H13ClFNO3. The van der Waals surface area contributed by atoms with E-state index in [0.717, 1.165) is 4.90 Å². The Bertz CT molecular complexity index is 465. The summed E-state index contributed by atoms with van der Waals surface area (Å²) in [6.07, 6.45) is 0.585. The number of hydrogen-bond donors (Lipinski definition) is 1. The SMILES string of the molecule is CCCN(CC(=O)O)C(=O)c1cccc(Cl)c1F. The lowest BCUT2D eigenvalue weighted by molar-refractivity contribution is -0.137. The standard InChI is InChI=1S/C12H13ClFNO3/c1-2-6-15(7-10(16)17)12(18)8-4-3-5-9(13)11(8)14/h3-5H,2,6-7H2,1H3,(H,16,17). The molecule has 4 nitrogen and oxygen atoms in total. The highest BCUT2D eigenvalue weighted by Gasteiger charge is 2.21. The quantitative estimate of drug-likeness (QED) is 0.896. The van der Waals surface area contributed by atoms with Crippen molar-refractivity contribution in [3.05, 3.63) is 34.6 Å². The highest BCUT2D eigenvalue weighted by atomic mass is 35.5. The molecule has 6 heteroatoms. The molecular weight excluding hydrogens is 261 g/mol. The third-order valence-electron chi connectivity index (χ3n) is 2.29. The molecule has 0 atom stereocenters. The molecule has 0 aliphatic heterocycles. The van der Waals surface area contributed by atoms with Crippen molar-refractivity contribution in [2.45, 2.75) is 13.3 Å². The fourth-order valence-electron chi connectivity index (χ4n) is 1.52. The Labute approximate surface area is 109 Å². The fourth-order valence-corrected chi connectivity index (χ4v) is 1.70. The molecule has 0 aliphatic carbocycles. The molecule has 18 heavy (non-hydrogen) atoms. The Kier molecular flexibility index (Phi) is 5.09. The molecule has 0 saturated heterocycles.